The first-order valence-corrected chi connectivity index (χ1v) is 5.77. The predicted molar refractivity (Wildman–Crippen MR) is 65.6 cm³/mol. The molecule has 0 heterocycles. The van der Waals surface area contributed by atoms with Gasteiger partial charge < -0.3 is 10.4 Å². The lowest BCUT2D eigenvalue weighted by atomic mass is 9.73. The molecule has 1 aliphatic carbocycles. The molecule has 1 amide bonds. The van der Waals surface area contributed by atoms with E-state index in [1.54, 1.807) is 0 Å². The largest absolute Gasteiger partial charge is 0.481 e. The Labute approximate surface area is 108 Å². The number of carbonyl (C=O) groups is 2. The Kier molecular flexibility index (Phi) is 3.46. The van der Waals surface area contributed by atoms with Gasteiger partial charge in [-0.25, -0.2) is 0 Å². The van der Waals surface area contributed by atoms with E-state index in [1.807, 2.05) is 0 Å². The Morgan fingerprint density at radius 1 is 1.32 bits per heavy atom. The van der Waals surface area contributed by atoms with Crippen LogP contribution in [0.25, 0.3) is 0 Å². The second-order valence-corrected chi connectivity index (χ2v) is 4.43. The summed E-state index contributed by atoms with van der Waals surface area (Å²) in [7, 11) is 0. The number of benzene rings is 1. The van der Waals surface area contributed by atoms with Crippen LogP contribution in [0.2, 0.25) is 0 Å². The van der Waals surface area contributed by atoms with E-state index in [-0.39, 0.29) is 5.69 Å². The number of anilines is 1. The van der Waals surface area contributed by atoms with Crippen LogP contribution in [0.3, 0.4) is 0 Å². The van der Waals surface area contributed by atoms with Crippen LogP contribution >= 0.6 is 0 Å². The number of hydrogen-bond donors (Lipinski definition) is 2. The van der Waals surface area contributed by atoms with E-state index in [1.165, 1.54) is 24.3 Å². The first-order valence-electron chi connectivity index (χ1n) is 5.77. The molecule has 7 nitrogen and oxygen atoms in total. The number of carboxylic acid groups (broad SMARTS) is 1. The fourth-order valence-electron chi connectivity index (χ4n) is 2.04. The van der Waals surface area contributed by atoms with Crippen molar-refractivity contribution in [2.75, 3.05) is 5.32 Å². The molecule has 1 aromatic rings. The van der Waals surface area contributed by atoms with E-state index < -0.39 is 28.6 Å². The zero-order valence-electron chi connectivity index (χ0n) is 9.91. The highest BCUT2D eigenvalue weighted by Crippen LogP contribution is 2.35. The highest BCUT2D eigenvalue weighted by molar-refractivity contribution is 5.96. The smallest absolute Gasteiger partial charge is 0.307 e. The van der Waals surface area contributed by atoms with Gasteiger partial charge in [0.15, 0.2) is 0 Å². The second-order valence-electron chi connectivity index (χ2n) is 4.43. The molecule has 2 rings (SSSR count). The van der Waals surface area contributed by atoms with Gasteiger partial charge in [0.1, 0.15) is 0 Å². The molecule has 0 spiro atoms. The molecule has 1 saturated carbocycles. The van der Waals surface area contributed by atoms with Gasteiger partial charge in [0.2, 0.25) is 5.91 Å². The lowest BCUT2D eigenvalue weighted by molar-refractivity contribution is -0.384. The van der Waals surface area contributed by atoms with Crippen LogP contribution in [0.5, 0.6) is 0 Å². The molecule has 0 aliphatic heterocycles. The van der Waals surface area contributed by atoms with Crippen molar-refractivity contribution < 1.29 is 19.6 Å². The molecule has 0 radical (unpaired) electrons. The summed E-state index contributed by atoms with van der Waals surface area (Å²) in [5, 5.41) is 22.0. The highest BCUT2D eigenvalue weighted by Gasteiger charge is 2.41. The molecular formula is C12H12N2O5. The van der Waals surface area contributed by atoms with Gasteiger partial charge in [0.05, 0.1) is 16.8 Å². The number of rotatable bonds is 4. The molecule has 1 fully saturated rings. The molecule has 0 aromatic heterocycles. The molecule has 7 heteroatoms. The van der Waals surface area contributed by atoms with E-state index in [9.17, 15) is 19.7 Å². The summed E-state index contributed by atoms with van der Waals surface area (Å²) in [6.07, 6.45) is 1.01. The minimum absolute atomic E-state index is 0.124. The molecule has 2 atom stereocenters. The monoisotopic (exact) mass is 264 g/mol. The summed E-state index contributed by atoms with van der Waals surface area (Å²) >= 11 is 0. The molecule has 1 aliphatic rings. The van der Waals surface area contributed by atoms with E-state index in [0.717, 1.165) is 0 Å². The maximum Gasteiger partial charge on any atom is 0.307 e. The molecule has 19 heavy (non-hydrogen) atoms. The van der Waals surface area contributed by atoms with Crippen molar-refractivity contribution >= 4 is 23.3 Å². The van der Waals surface area contributed by atoms with Gasteiger partial charge in [0.25, 0.3) is 5.69 Å². The van der Waals surface area contributed by atoms with Gasteiger partial charge in [-0.05, 0) is 18.9 Å². The molecule has 0 saturated heterocycles. The van der Waals surface area contributed by atoms with Crippen molar-refractivity contribution in [2.45, 2.75) is 12.8 Å². The molecule has 1 aromatic carbocycles. The molecule has 2 N–H and O–H groups in total. The number of nitro groups is 1. The molecule has 100 valence electrons. The number of amides is 1. The van der Waals surface area contributed by atoms with E-state index >= 15 is 0 Å². The van der Waals surface area contributed by atoms with Crippen molar-refractivity contribution in [2.24, 2.45) is 11.8 Å². The summed E-state index contributed by atoms with van der Waals surface area (Å²) in [4.78, 5) is 32.7. The highest BCUT2D eigenvalue weighted by atomic mass is 16.6. The van der Waals surface area contributed by atoms with Crippen LogP contribution in [-0.4, -0.2) is 21.9 Å². The Morgan fingerprint density at radius 3 is 2.53 bits per heavy atom. The van der Waals surface area contributed by atoms with Gasteiger partial charge in [-0.1, -0.05) is 6.07 Å². The van der Waals surface area contributed by atoms with Gasteiger partial charge in [-0.15, -0.1) is 0 Å². The normalized spacial score (nSPS) is 21.3. The van der Waals surface area contributed by atoms with Crippen molar-refractivity contribution in [3.8, 4) is 0 Å². The van der Waals surface area contributed by atoms with Crippen LogP contribution in [0.15, 0.2) is 24.3 Å². The lowest BCUT2D eigenvalue weighted by Gasteiger charge is -2.31. The number of aliphatic carboxylic acids is 1. The lowest BCUT2D eigenvalue weighted by Crippen LogP contribution is -2.41. The van der Waals surface area contributed by atoms with Crippen LogP contribution in [0.1, 0.15) is 12.8 Å². The van der Waals surface area contributed by atoms with Crippen LogP contribution in [-0.2, 0) is 9.59 Å². The van der Waals surface area contributed by atoms with Crippen LogP contribution in [0.4, 0.5) is 11.4 Å². The molecule has 0 bridgehead atoms. The van der Waals surface area contributed by atoms with Crippen LogP contribution < -0.4 is 5.32 Å². The van der Waals surface area contributed by atoms with Crippen LogP contribution in [0, 0.1) is 22.0 Å². The van der Waals surface area contributed by atoms with Crippen molar-refractivity contribution in [3.05, 3.63) is 34.4 Å². The average molecular weight is 264 g/mol. The maximum absolute atomic E-state index is 11.8. The van der Waals surface area contributed by atoms with Gasteiger partial charge in [-0.2, -0.15) is 0 Å². The van der Waals surface area contributed by atoms with Gasteiger partial charge in [0, 0.05) is 17.8 Å². The fourth-order valence-corrected chi connectivity index (χ4v) is 2.04. The maximum atomic E-state index is 11.8. The summed E-state index contributed by atoms with van der Waals surface area (Å²) < 4.78 is 0. The topological polar surface area (TPSA) is 110 Å². The summed E-state index contributed by atoms with van der Waals surface area (Å²) in [6.45, 7) is 0. The number of nitro benzene ring substituents is 1. The SMILES string of the molecule is O=C(O)C1CCC1C(=O)Nc1cccc([N+](=O)[O-])c1. The first kappa shape index (κ1) is 13.0. The fraction of sp³-hybridized carbons (Fsp3) is 0.333. The quantitative estimate of drug-likeness (QED) is 0.634. The number of carboxylic acids is 1. The zero-order valence-corrected chi connectivity index (χ0v) is 9.91. The first-order chi connectivity index (χ1) is 8.99. The van der Waals surface area contributed by atoms with Gasteiger partial charge >= 0.3 is 5.97 Å². The summed E-state index contributed by atoms with van der Waals surface area (Å²) in [5.41, 5.74) is 0.177. The molecule has 2 unspecified atom stereocenters. The zero-order chi connectivity index (χ0) is 14.0. The number of carbonyl (C=O) groups excluding carboxylic acids is 1. The van der Waals surface area contributed by atoms with E-state index in [2.05, 4.69) is 5.32 Å². The number of nitrogens with zero attached hydrogens (tertiary/aromatic N) is 1. The predicted octanol–water partition coefficient (Wildman–Crippen LogP) is 1.64. The Balaban J connectivity index is 2.05. The second kappa shape index (κ2) is 5.05. The number of hydrogen-bond acceptors (Lipinski definition) is 4. The van der Waals surface area contributed by atoms with Crippen molar-refractivity contribution in [1.29, 1.82) is 0 Å². The van der Waals surface area contributed by atoms with Crippen molar-refractivity contribution in [1.82, 2.24) is 0 Å². The average Bonchev–Trinajstić information content (AvgIpc) is 2.26. The third-order valence-electron chi connectivity index (χ3n) is 3.25. The van der Waals surface area contributed by atoms with Gasteiger partial charge in [-0.3, -0.25) is 19.7 Å². The number of nitrogens with one attached hydrogen (secondary N) is 1. The summed E-state index contributed by atoms with van der Waals surface area (Å²) in [5.74, 6) is -2.60. The Bertz CT molecular complexity index is 543. The Hall–Kier alpha value is -2.44. The standard InChI is InChI=1S/C12H12N2O5/c15-11(9-4-5-10(9)12(16)17)13-7-2-1-3-8(6-7)14(18)19/h1-3,6,9-10H,4-5H2,(H,13,15)(H,16,17). The van der Waals surface area contributed by atoms with Crippen molar-refractivity contribution in [3.63, 3.8) is 0 Å². The third-order valence-corrected chi connectivity index (χ3v) is 3.25. The minimum Gasteiger partial charge on any atom is -0.481 e. The molecular weight excluding hydrogens is 252 g/mol. The number of non-ortho nitro benzene ring substituents is 1. The Morgan fingerprint density at radius 2 is 2.00 bits per heavy atom. The van der Waals surface area contributed by atoms with E-state index in [4.69, 9.17) is 5.11 Å². The summed E-state index contributed by atoms with van der Waals surface area (Å²) in [6, 6.07) is 5.55. The van der Waals surface area contributed by atoms with E-state index in [0.29, 0.717) is 18.5 Å². The third kappa shape index (κ3) is 2.70. The minimum atomic E-state index is -0.981.